The summed E-state index contributed by atoms with van der Waals surface area (Å²) in [5.41, 5.74) is 2.66. The van der Waals surface area contributed by atoms with E-state index in [1.54, 1.807) is 6.20 Å². The van der Waals surface area contributed by atoms with Crippen LogP contribution in [0.2, 0.25) is 0 Å². The minimum absolute atomic E-state index is 0.697. The summed E-state index contributed by atoms with van der Waals surface area (Å²) < 4.78 is 0. The van der Waals surface area contributed by atoms with Gasteiger partial charge in [-0.15, -0.1) is 0 Å². The predicted molar refractivity (Wildman–Crippen MR) is 51.2 cm³/mol. The number of aryl methyl sites for hydroxylation is 1. The van der Waals surface area contributed by atoms with Crippen molar-refractivity contribution in [1.82, 2.24) is 4.98 Å². The predicted octanol–water partition coefficient (Wildman–Crippen LogP) is 2.41. The van der Waals surface area contributed by atoms with Gasteiger partial charge in [0.2, 0.25) is 0 Å². The number of fused-ring (bicyclic) bond motifs is 1. The van der Waals surface area contributed by atoms with Crippen LogP contribution in [0.4, 0.5) is 0 Å². The summed E-state index contributed by atoms with van der Waals surface area (Å²) in [7, 11) is 0. The fourth-order valence-electron chi connectivity index (χ4n) is 1.42. The molecule has 0 fully saturated rings. The van der Waals surface area contributed by atoms with Gasteiger partial charge in [0.05, 0.1) is 17.1 Å². The maximum Gasteiger partial charge on any atom is 0.0998 e. The van der Waals surface area contributed by atoms with Crippen molar-refractivity contribution in [3.05, 3.63) is 41.6 Å². The van der Waals surface area contributed by atoms with Gasteiger partial charge in [-0.1, -0.05) is 0 Å². The van der Waals surface area contributed by atoms with Gasteiger partial charge in [-0.3, -0.25) is 4.98 Å². The van der Waals surface area contributed by atoms with Crippen LogP contribution >= 0.6 is 0 Å². The molecule has 0 N–H and O–H groups in total. The Balaban J connectivity index is 2.91. The Morgan fingerprint density at radius 3 is 3.00 bits per heavy atom. The van der Waals surface area contributed by atoms with Crippen LogP contribution in [0, 0.1) is 18.3 Å². The normalized spacial score (nSPS) is 9.85. The SMILES string of the molecule is Cc1cc(C#N)c2cccnc2c1. The quantitative estimate of drug-likeness (QED) is 0.605. The van der Waals surface area contributed by atoms with E-state index in [1.165, 1.54) is 0 Å². The fraction of sp³-hybridized carbons (Fsp3) is 0.0909. The van der Waals surface area contributed by atoms with Crippen molar-refractivity contribution < 1.29 is 0 Å². The number of pyridine rings is 1. The van der Waals surface area contributed by atoms with Crippen molar-refractivity contribution in [3.63, 3.8) is 0 Å². The van der Waals surface area contributed by atoms with E-state index in [4.69, 9.17) is 5.26 Å². The molecule has 1 aromatic carbocycles. The fourth-order valence-corrected chi connectivity index (χ4v) is 1.42. The number of nitrogens with zero attached hydrogens (tertiary/aromatic N) is 2. The van der Waals surface area contributed by atoms with Gasteiger partial charge in [0.25, 0.3) is 0 Å². The monoisotopic (exact) mass is 168 g/mol. The van der Waals surface area contributed by atoms with E-state index in [1.807, 2.05) is 31.2 Å². The summed E-state index contributed by atoms with van der Waals surface area (Å²) in [5, 5.41) is 9.81. The van der Waals surface area contributed by atoms with Crippen LogP contribution in [0.25, 0.3) is 10.9 Å². The first-order valence-corrected chi connectivity index (χ1v) is 4.07. The number of benzene rings is 1. The minimum Gasteiger partial charge on any atom is -0.256 e. The van der Waals surface area contributed by atoms with Crippen molar-refractivity contribution >= 4 is 10.9 Å². The van der Waals surface area contributed by atoms with Crippen molar-refractivity contribution in [3.8, 4) is 6.07 Å². The van der Waals surface area contributed by atoms with Gasteiger partial charge in [0, 0.05) is 11.6 Å². The van der Waals surface area contributed by atoms with Gasteiger partial charge >= 0.3 is 0 Å². The van der Waals surface area contributed by atoms with Crippen LogP contribution in [-0.2, 0) is 0 Å². The number of aromatic nitrogens is 1. The zero-order valence-electron chi connectivity index (χ0n) is 7.28. The molecule has 2 nitrogen and oxygen atoms in total. The molecule has 2 rings (SSSR count). The highest BCUT2D eigenvalue weighted by molar-refractivity contribution is 5.85. The molecule has 1 heterocycles. The second-order valence-electron chi connectivity index (χ2n) is 2.99. The van der Waals surface area contributed by atoms with Crippen LogP contribution < -0.4 is 0 Å². The number of nitriles is 1. The van der Waals surface area contributed by atoms with Gasteiger partial charge in [-0.25, -0.2) is 0 Å². The molecule has 0 aliphatic carbocycles. The Bertz CT molecular complexity index is 495. The first-order valence-electron chi connectivity index (χ1n) is 4.07. The Morgan fingerprint density at radius 1 is 1.38 bits per heavy atom. The topological polar surface area (TPSA) is 36.7 Å². The van der Waals surface area contributed by atoms with Gasteiger partial charge in [0.1, 0.15) is 0 Å². The van der Waals surface area contributed by atoms with E-state index >= 15 is 0 Å². The molecular formula is C11H8N2. The second-order valence-corrected chi connectivity index (χ2v) is 2.99. The molecule has 0 unspecified atom stereocenters. The van der Waals surface area contributed by atoms with Crippen molar-refractivity contribution in [2.24, 2.45) is 0 Å². The molecule has 62 valence electrons. The minimum atomic E-state index is 0.697. The lowest BCUT2D eigenvalue weighted by Crippen LogP contribution is -1.84. The van der Waals surface area contributed by atoms with E-state index in [-0.39, 0.29) is 0 Å². The second kappa shape index (κ2) is 2.87. The third-order valence-electron chi connectivity index (χ3n) is 1.99. The van der Waals surface area contributed by atoms with Crippen LogP contribution in [0.1, 0.15) is 11.1 Å². The smallest absolute Gasteiger partial charge is 0.0998 e. The summed E-state index contributed by atoms with van der Waals surface area (Å²) in [4.78, 5) is 4.20. The molecule has 0 saturated heterocycles. The summed E-state index contributed by atoms with van der Waals surface area (Å²) in [6, 6.07) is 9.79. The van der Waals surface area contributed by atoms with E-state index in [0.29, 0.717) is 5.56 Å². The molecule has 0 saturated carbocycles. The first-order chi connectivity index (χ1) is 6.31. The average Bonchev–Trinajstić information content (AvgIpc) is 2.16. The molecule has 0 aliphatic rings. The molecule has 0 atom stereocenters. The van der Waals surface area contributed by atoms with Gasteiger partial charge in [-0.2, -0.15) is 5.26 Å². The van der Waals surface area contributed by atoms with Crippen molar-refractivity contribution in [2.45, 2.75) is 6.92 Å². The maximum absolute atomic E-state index is 8.88. The van der Waals surface area contributed by atoms with Gasteiger partial charge in [0.15, 0.2) is 0 Å². The third kappa shape index (κ3) is 1.25. The maximum atomic E-state index is 8.88. The Hall–Kier alpha value is -1.88. The average molecular weight is 168 g/mol. The van der Waals surface area contributed by atoms with Crippen LogP contribution in [-0.4, -0.2) is 4.98 Å². The Labute approximate surface area is 76.5 Å². The first kappa shape index (κ1) is 7.75. The summed E-state index contributed by atoms with van der Waals surface area (Å²) >= 11 is 0. The van der Waals surface area contributed by atoms with Crippen molar-refractivity contribution in [1.29, 1.82) is 5.26 Å². The molecule has 2 heteroatoms. The lowest BCUT2D eigenvalue weighted by molar-refractivity contribution is 1.37. The standard InChI is InChI=1S/C11H8N2/c1-8-5-9(7-12)10-3-2-4-13-11(10)6-8/h2-6H,1H3. The number of hydrogen-bond donors (Lipinski definition) is 0. The van der Waals surface area contributed by atoms with E-state index in [0.717, 1.165) is 16.5 Å². The zero-order chi connectivity index (χ0) is 9.26. The summed E-state index contributed by atoms with van der Waals surface area (Å²) in [6.45, 7) is 1.97. The number of rotatable bonds is 0. The van der Waals surface area contributed by atoms with Gasteiger partial charge in [-0.05, 0) is 36.8 Å². The Kier molecular flexibility index (Phi) is 1.71. The molecule has 0 spiro atoms. The lowest BCUT2D eigenvalue weighted by Gasteiger charge is -1.99. The van der Waals surface area contributed by atoms with E-state index < -0.39 is 0 Å². The molecule has 13 heavy (non-hydrogen) atoms. The largest absolute Gasteiger partial charge is 0.256 e. The highest BCUT2D eigenvalue weighted by Gasteiger charge is 2.00. The molecule has 2 aromatic rings. The number of hydrogen-bond acceptors (Lipinski definition) is 2. The van der Waals surface area contributed by atoms with Crippen molar-refractivity contribution in [2.75, 3.05) is 0 Å². The zero-order valence-corrected chi connectivity index (χ0v) is 7.28. The summed E-state index contributed by atoms with van der Waals surface area (Å²) in [6.07, 6.45) is 1.74. The van der Waals surface area contributed by atoms with Crippen LogP contribution in [0.3, 0.4) is 0 Å². The third-order valence-corrected chi connectivity index (χ3v) is 1.99. The highest BCUT2D eigenvalue weighted by Crippen LogP contribution is 2.17. The molecular weight excluding hydrogens is 160 g/mol. The molecule has 0 amide bonds. The Morgan fingerprint density at radius 2 is 2.23 bits per heavy atom. The van der Waals surface area contributed by atoms with Crippen LogP contribution in [0.15, 0.2) is 30.5 Å². The van der Waals surface area contributed by atoms with E-state index in [9.17, 15) is 0 Å². The molecule has 0 aliphatic heterocycles. The summed E-state index contributed by atoms with van der Waals surface area (Å²) in [5.74, 6) is 0. The molecule has 1 aromatic heterocycles. The lowest BCUT2D eigenvalue weighted by atomic mass is 10.1. The van der Waals surface area contributed by atoms with Crippen LogP contribution in [0.5, 0.6) is 0 Å². The highest BCUT2D eigenvalue weighted by atomic mass is 14.6. The van der Waals surface area contributed by atoms with Gasteiger partial charge < -0.3 is 0 Å². The molecule has 0 radical (unpaired) electrons. The molecule has 0 bridgehead atoms. The van der Waals surface area contributed by atoms with E-state index in [2.05, 4.69) is 11.1 Å².